The number of nitrogens with one attached hydrogen (secondary N) is 1. The van der Waals surface area contributed by atoms with Gasteiger partial charge in [0, 0.05) is 5.80 Å². The molecule has 44 valence electrons. The molecule has 2 aromatic heterocycles. The molecule has 4 nitrogen and oxygen atoms in total. The van der Waals surface area contributed by atoms with Crippen LogP contribution in [0.15, 0.2) is 12.0 Å². The van der Waals surface area contributed by atoms with Gasteiger partial charge >= 0.3 is 0 Å². The highest BCUT2D eigenvalue weighted by Crippen LogP contribution is 2.07. The van der Waals surface area contributed by atoms with E-state index in [9.17, 15) is 0 Å². The zero-order chi connectivity index (χ0) is 6.10. The third-order valence-electron chi connectivity index (χ3n) is 1.04. The Balaban J connectivity index is 2.95. The van der Waals surface area contributed by atoms with E-state index in [1.165, 1.54) is 0 Å². The average molecular weight is 138 g/mol. The first-order chi connectivity index (χ1) is 4.47. The van der Waals surface area contributed by atoms with Crippen molar-refractivity contribution in [1.29, 1.82) is 0 Å². The molecular formula is C4H3N4P. The topological polar surface area (TPSA) is 54.5 Å². The van der Waals surface area contributed by atoms with Gasteiger partial charge in [-0.25, -0.2) is 0 Å². The molecule has 0 saturated heterocycles. The minimum Gasteiger partial charge on any atom is -0.276 e. The number of hydrogen-bond acceptors (Lipinski definition) is 3. The van der Waals surface area contributed by atoms with Gasteiger partial charge in [0.25, 0.3) is 0 Å². The van der Waals surface area contributed by atoms with Crippen LogP contribution >= 0.6 is 8.35 Å². The smallest absolute Gasteiger partial charge is 0.131 e. The molecule has 0 aliphatic rings. The van der Waals surface area contributed by atoms with E-state index < -0.39 is 0 Å². The highest BCUT2D eigenvalue weighted by atomic mass is 31.0. The van der Waals surface area contributed by atoms with Gasteiger partial charge < -0.3 is 0 Å². The van der Waals surface area contributed by atoms with Crippen molar-refractivity contribution in [1.82, 2.24) is 20.2 Å². The molecule has 0 amide bonds. The molecule has 5 heteroatoms. The second-order valence-corrected chi connectivity index (χ2v) is 2.27. The Morgan fingerprint density at radius 1 is 1.56 bits per heavy atom. The Morgan fingerprint density at radius 2 is 2.56 bits per heavy atom. The lowest BCUT2D eigenvalue weighted by molar-refractivity contribution is 1.12. The molecule has 0 atom stereocenters. The first-order valence-corrected chi connectivity index (χ1v) is 3.36. The van der Waals surface area contributed by atoms with Gasteiger partial charge in [-0.1, -0.05) is 0 Å². The molecule has 0 radical (unpaired) electrons. The minimum absolute atomic E-state index is 0.828. The SMILES string of the molecule is c1n[nH]c2cpnnc12. The van der Waals surface area contributed by atoms with Gasteiger partial charge in [-0.05, 0) is 0 Å². The molecule has 1 N–H and O–H groups in total. The van der Waals surface area contributed by atoms with Crippen molar-refractivity contribution in [3.8, 4) is 0 Å². The van der Waals surface area contributed by atoms with Crippen molar-refractivity contribution in [2.24, 2.45) is 0 Å². The third kappa shape index (κ3) is 0.678. The first-order valence-electron chi connectivity index (χ1n) is 2.44. The fourth-order valence-corrected chi connectivity index (χ4v) is 1.13. The van der Waals surface area contributed by atoms with Gasteiger partial charge in [-0.15, -0.1) is 9.96 Å². The highest BCUT2D eigenvalue weighted by molar-refractivity contribution is 7.24. The van der Waals surface area contributed by atoms with E-state index in [0.29, 0.717) is 0 Å². The fourth-order valence-electron chi connectivity index (χ4n) is 0.622. The van der Waals surface area contributed by atoms with Crippen LogP contribution in [0.25, 0.3) is 11.0 Å². The first kappa shape index (κ1) is 4.82. The number of fused-ring (bicyclic) bond motifs is 1. The Kier molecular flexibility index (Phi) is 0.932. The van der Waals surface area contributed by atoms with E-state index in [2.05, 4.69) is 20.2 Å². The van der Waals surface area contributed by atoms with Gasteiger partial charge in [-0.2, -0.15) is 5.10 Å². The van der Waals surface area contributed by atoms with Crippen molar-refractivity contribution >= 4 is 19.4 Å². The quantitative estimate of drug-likeness (QED) is 0.589. The summed E-state index contributed by atoms with van der Waals surface area (Å²) in [6.07, 6.45) is 1.66. The predicted molar refractivity (Wildman–Crippen MR) is 34.2 cm³/mol. The van der Waals surface area contributed by atoms with E-state index in [0.717, 1.165) is 19.4 Å². The van der Waals surface area contributed by atoms with Gasteiger partial charge in [0.15, 0.2) is 0 Å². The highest BCUT2D eigenvalue weighted by Gasteiger charge is 1.91. The maximum absolute atomic E-state index is 3.84. The third-order valence-corrected chi connectivity index (χ3v) is 1.61. The zero-order valence-electron chi connectivity index (χ0n) is 4.44. The molecule has 0 aliphatic heterocycles. The van der Waals surface area contributed by atoms with Gasteiger partial charge in [0.2, 0.25) is 0 Å². The summed E-state index contributed by atoms with van der Waals surface area (Å²) in [5, 5.41) is 10.4. The average Bonchev–Trinajstić information content (AvgIpc) is 2.33. The Bertz CT molecular complexity index is 287. The molecular weight excluding hydrogens is 135 g/mol. The van der Waals surface area contributed by atoms with Crippen molar-refractivity contribution in [3.05, 3.63) is 12.0 Å². The summed E-state index contributed by atoms with van der Waals surface area (Å²) >= 11 is 0. The van der Waals surface area contributed by atoms with Gasteiger partial charge in [0.1, 0.15) is 5.52 Å². The maximum Gasteiger partial charge on any atom is 0.131 e. The normalized spacial score (nSPS) is 11.1. The molecule has 0 aliphatic carbocycles. The van der Waals surface area contributed by atoms with Crippen molar-refractivity contribution in [2.45, 2.75) is 0 Å². The van der Waals surface area contributed by atoms with Crippen molar-refractivity contribution < 1.29 is 0 Å². The zero-order valence-corrected chi connectivity index (χ0v) is 5.34. The van der Waals surface area contributed by atoms with Gasteiger partial charge in [0.05, 0.1) is 20.1 Å². The second-order valence-electron chi connectivity index (χ2n) is 1.60. The lowest BCUT2D eigenvalue weighted by atomic mass is 10.5. The van der Waals surface area contributed by atoms with Crippen LogP contribution in [-0.4, -0.2) is 20.2 Å². The van der Waals surface area contributed by atoms with Crippen LogP contribution in [0.2, 0.25) is 0 Å². The summed E-state index contributed by atoms with van der Waals surface area (Å²) in [6.45, 7) is 0. The Morgan fingerprint density at radius 3 is 3.44 bits per heavy atom. The largest absolute Gasteiger partial charge is 0.276 e. The molecule has 2 aromatic rings. The summed E-state index contributed by atoms with van der Waals surface area (Å²) in [5.41, 5.74) is 1.79. The van der Waals surface area contributed by atoms with Crippen molar-refractivity contribution in [2.75, 3.05) is 0 Å². The number of rotatable bonds is 0. The van der Waals surface area contributed by atoms with E-state index in [4.69, 9.17) is 0 Å². The molecule has 2 heterocycles. The molecule has 0 bridgehead atoms. The van der Waals surface area contributed by atoms with Crippen LogP contribution in [0.3, 0.4) is 0 Å². The molecule has 2 rings (SSSR count). The standard InChI is InChI=1S/C4H3N4P/c1-3-4(6-5-1)2-9-8-7-3/h1-2H,(H,5,6). The number of aromatic nitrogens is 4. The number of H-pyrrole nitrogens is 1. The molecule has 9 heavy (non-hydrogen) atoms. The molecule has 0 saturated carbocycles. The minimum atomic E-state index is 0.828. The van der Waals surface area contributed by atoms with Crippen LogP contribution in [0.1, 0.15) is 0 Å². The van der Waals surface area contributed by atoms with Crippen LogP contribution in [0.5, 0.6) is 0 Å². The van der Waals surface area contributed by atoms with E-state index in [1.807, 2.05) is 5.80 Å². The Labute approximate surface area is 52.5 Å². The van der Waals surface area contributed by atoms with Gasteiger partial charge in [-0.3, -0.25) is 5.10 Å². The van der Waals surface area contributed by atoms with Crippen molar-refractivity contribution in [3.63, 3.8) is 0 Å². The number of hydrogen-bond donors (Lipinski definition) is 1. The molecule has 0 spiro atoms. The summed E-state index contributed by atoms with van der Waals surface area (Å²) < 4.78 is 0. The summed E-state index contributed by atoms with van der Waals surface area (Å²) in [5.74, 6) is 1.93. The molecule has 0 fully saturated rings. The maximum atomic E-state index is 3.84. The van der Waals surface area contributed by atoms with Crippen LogP contribution < -0.4 is 0 Å². The molecule has 0 aromatic carbocycles. The summed E-state index contributed by atoms with van der Waals surface area (Å²) in [6, 6.07) is 0. The van der Waals surface area contributed by atoms with E-state index in [1.54, 1.807) is 6.20 Å². The lowest BCUT2D eigenvalue weighted by Crippen LogP contribution is -1.71. The summed E-state index contributed by atoms with van der Waals surface area (Å²) in [4.78, 5) is 3.77. The lowest BCUT2D eigenvalue weighted by Gasteiger charge is -1.78. The monoisotopic (exact) mass is 138 g/mol. The second kappa shape index (κ2) is 1.74. The summed E-state index contributed by atoms with van der Waals surface area (Å²) in [7, 11) is 0.876. The van der Waals surface area contributed by atoms with Crippen LogP contribution in [0, 0.1) is 0 Å². The number of aromatic amines is 1. The van der Waals surface area contributed by atoms with Crippen LogP contribution in [0.4, 0.5) is 0 Å². The Hall–Kier alpha value is -1.02. The van der Waals surface area contributed by atoms with Crippen LogP contribution in [-0.2, 0) is 0 Å². The molecule has 0 unspecified atom stereocenters. The number of nitrogens with zero attached hydrogens (tertiary/aromatic N) is 3. The fraction of sp³-hybridized carbons (Fsp3) is 0. The van der Waals surface area contributed by atoms with E-state index >= 15 is 0 Å². The van der Waals surface area contributed by atoms with E-state index in [-0.39, 0.29) is 0 Å². The predicted octanol–water partition coefficient (Wildman–Crippen LogP) is 0.933.